The Morgan fingerprint density at radius 3 is 2.69 bits per heavy atom. The van der Waals surface area contributed by atoms with E-state index < -0.39 is 5.41 Å². The summed E-state index contributed by atoms with van der Waals surface area (Å²) in [5, 5.41) is 22.5. The number of rotatable bonds is 2. The van der Waals surface area contributed by atoms with Crippen LogP contribution in [0.3, 0.4) is 0 Å². The molecule has 0 aliphatic heterocycles. The fraction of sp³-hybridized carbons (Fsp3) is 0.267. The Morgan fingerprint density at radius 1 is 1.08 bits per heavy atom. The Balaban J connectivity index is 1.67. The molecule has 4 aromatic rings. The molecule has 1 N–H and O–H groups in total. The zero-order valence-electron chi connectivity index (χ0n) is 20.2. The van der Waals surface area contributed by atoms with Gasteiger partial charge in [0, 0.05) is 45.8 Å². The number of nitriles is 1. The predicted molar refractivity (Wildman–Crippen MR) is 136 cm³/mol. The summed E-state index contributed by atoms with van der Waals surface area (Å²) in [4.78, 5) is 14.4. The van der Waals surface area contributed by atoms with Crippen molar-refractivity contribution in [2.24, 2.45) is 11.8 Å². The van der Waals surface area contributed by atoms with Gasteiger partial charge in [0.15, 0.2) is 5.82 Å². The number of allylic oxidation sites excluding steroid dienone is 2. The topological polar surface area (TPSA) is 82.7 Å². The minimum Gasteiger partial charge on any atom is -0.511 e. The third-order valence-electron chi connectivity index (χ3n) is 8.15. The van der Waals surface area contributed by atoms with Gasteiger partial charge in [-0.05, 0) is 48.8 Å². The van der Waals surface area contributed by atoms with Gasteiger partial charge < -0.3 is 5.11 Å². The highest BCUT2D eigenvalue weighted by atomic mass is 19.1. The number of aromatic nitrogens is 3. The third-order valence-corrected chi connectivity index (χ3v) is 8.15. The largest absolute Gasteiger partial charge is 0.511 e. The smallest absolute Gasteiger partial charge is 0.160 e. The summed E-state index contributed by atoms with van der Waals surface area (Å²) in [7, 11) is 0. The Labute approximate surface area is 209 Å². The lowest BCUT2D eigenvalue weighted by atomic mass is 9.56. The average Bonchev–Trinajstić information content (AvgIpc) is 2.90. The SMILES string of the molecule is C[C@H]1C(O)=C(C#N)C[C@@]2(C)c3nc(-c4cccc5cnccc45)nc(-c4ccccc4F)c3CC[C@H]12. The van der Waals surface area contributed by atoms with E-state index in [9.17, 15) is 10.4 Å². The van der Waals surface area contributed by atoms with Gasteiger partial charge in [0.2, 0.25) is 0 Å². The fourth-order valence-corrected chi connectivity index (χ4v) is 6.34. The van der Waals surface area contributed by atoms with E-state index in [1.807, 2.05) is 43.5 Å². The van der Waals surface area contributed by atoms with Gasteiger partial charge in [-0.1, -0.05) is 44.2 Å². The number of halogens is 1. The highest BCUT2D eigenvalue weighted by Crippen LogP contribution is 2.54. The first-order valence-corrected chi connectivity index (χ1v) is 12.2. The van der Waals surface area contributed by atoms with E-state index in [1.165, 1.54) is 6.07 Å². The van der Waals surface area contributed by atoms with Gasteiger partial charge >= 0.3 is 0 Å². The Hall–Kier alpha value is -4.11. The lowest BCUT2D eigenvalue weighted by Gasteiger charge is -2.48. The lowest BCUT2D eigenvalue weighted by Crippen LogP contribution is -2.45. The zero-order valence-corrected chi connectivity index (χ0v) is 20.2. The van der Waals surface area contributed by atoms with Crippen LogP contribution in [0.5, 0.6) is 0 Å². The molecule has 0 fully saturated rings. The molecule has 36 heavy (non-hydrogen) atoms. The summed E-state index contributed by atoms with van der Waals surface area (Å²) >= 11 is 0. The van der Waals surface area contributed by atoms with Crippen molar-refractivity contribution in [1.82, 2.24) is 15.0 Å². The van der Waals surface area contributed by atoms with E-state index >= 15 is 4.39 Å². The van der Waals surface area contributed by atoms with Crippen molar-refractivity contribution in [3.63, 3.8) is 0 Å². The molecule has 178 valence electrons. The van der Waals surface area contributed by atoms with Crippen LogP contribution >= 0.6 is 0 Å². The average molecular weight is 477 g/mol. The highest BCUT2D eigenvalue weighted by Gasteiger charge is 2.50. The Kier molecular flexibility index (Phi) is 5.11. The van der Waals surface area contributed by atoms with Crippen LogP contribution in [0.2, 0.25) is 0 Å². The molecule has 2 heterocycles. The third kappa shape index (κ3) is 3.23. The molecule has 0 amide bonds. The number of fused-ring (bicyclic) bond motifs is 4. The Morgan fingerprint density at radius 2 is 1.89 bits per heavy atom. The maximum absolute atomic E-state index is 15.1. The van der Waals surface area contributed by atoms with Crippen molar-refractivity contribution >= 4 is 10.8 Å². The summed E-state index contributed by atoms with van der Waals surface area (Å²) in [5.41, 5.74) is 3.58. The van der Waals surface area contributed by atoms with Crippen molar-refractivity contribution < 1.29 is 9.50 Å². The van der Waals surface area contributed by atoms with Crippen molar-refractivity contribution in [3.05, 3.63) is 89.3 Å². The quantitative estimate of drug-likeness (QED) is 0.348. The summed E-state index contributed by atoms with van der Waals surface area (Å²) in [5.74, 6) is 0.329. The molecule has 0 bridgehead atoms. The van der Waals surface area contributed by atoms with E-state index in [1.54, 1.807) is 18.3 Å². The first kappa shape index (κ1) is 22.4. The molecule has 0 unspecified atom stereocenters. The molecule has 3 atom stereocenters. The van der Waals surface area contributed by atoms with Crippen LogP contribution in [0.25, 0.3) is 33.4 Å². The summed E-state index contributed by atoms with van der Waals surface area (Å²) in [6, 6.07) is 16.8. The normalized spacial score (nSPS) is 23.2. The summed E-state index contributed by atoms with van der Waals surface area (Å²) in [6.07, 6.45) is 5.43. The molecule has 2 aromatic heterocycles. The standard InChI is InChI=1S/C30H25FN4O/c1-17-24-11-10-23-26(22-7-3-4-9-25(22)31)34-29(21-8-5-6-18-16-33-13-12-20(18)21)35-28(23)30(24,2)14-19(15-32)27(17)36/h3-9,12-13,16-17,24,36H,10-11,14H2,1-2H3/t17-,24-,30-/m1/s1. The molecule has 0 radical (unpaired) electrons. The van der Waals surface area contributed by atoms with Crippen LogP contribution in [-0.2, 0) is 11.8 Å². The van der Waals surface area contributed by atoms with Gasteiger partial charge in [0.25, 0.3) is 0 Å². The van der Waals surface area contributed by atoms with Gasteiger partial charge in [-0.2, -0.15) is 5.26 Å². The second-order valence-corrected chi connectivity index (χ2v) is 10.1. The van der Waals surface area contributed by atoms with Crippen molar-refractivity contribution in [2.75, 3.05) is 0 Å². The van der Waals surface area contributed by atoms with Crippen LogP contribution in [0.15, 0.2) is 72.3 Å². The monoisotopic (exact) mass is 476 g/mol. The van der Waals surface area contributed by atoms with Crippen LogP contribution in [-0.4, -0.2) is 20.1 Å². The minimum atomic E-state index is -0.492. The number of aliphatic hydroxyl groups excluding tert-OH is 1. The van der Waals surface area contributed by atoms with Gasteiger partial charge in [-0.15, -0.1) is 0 Å². The molecule has 0 spiro atoms. The molecule has 2 aromatic carbocycles. The fourth-order valence-electron chi connectivity index (χ4n) is 6.34. The molecule has 6 rings (SSSR count). The van der Waals surface area contributed by atoms with E-state index in [0.29, 0.717) is 35.5 Å². The molecule has 2 aliphatic carbocycles. The lowest BCUT2D eigenvalue weighted by molar-refractivity contribution is 0.136. The number of benzene rings is 2. The molecule has 6 heteroatoms. The molecule has 2 aliphatic rings. The van der Waals surface area contributed by atoms with E-state index in [4.69, 9.17) is 9.97 Å². The highest BCUT2D eigenvalue weighted by molar-refractivity contribution is 5.94. The second-order valence-electron chi connectivity index (χ2n) is 10.1. The zero-order chi connectivity index (χ0) is 25.0. The van der Waals surface area contributed by atoms with E-state index in [2.05, 4.69) is 18.0 Å². The number of aliphatic hydroxyl groups is 1. The molecule has 5 nitrogen and oxygen atoms in total. The van der Waals surface area contributed by atoms with Gasteiger partial charge in [-0.3, -0.25) is 4.98 Å². The summed E-state index contributed by atoms with van der Waals surface area (Å²) in [6.45, 7) is 4.11. The molecule has 0 saturated carbocycles. The number of nitrogens with zero attached hydrogens (tertiary/aromatic N) is 4. The molecular formula is C30H25FN4O. The van der Waals surface area contributed by atoms with E-state index in [0.717, 1.165) is 34.0 Å². The van der Waals surface area contributed by atoms with Crippen molar-refractivity contribution in [1.29, 1.82) is 5.26 Å². The number of hydrogen-bond donors (Lipinski definition) is 1. The first-order valence-electron chi connectivity index (χ1n) is 12.2. The van der Waals surface area contributed by atoms with Crippen LogP contribution < -0.4 is 0 Å². The van der Waals surface area contributed by atoms with Gasteiger partial charge in [0.05, 0.1) is 23.0 Å². The number of hydrogen-bond acceptors (Lipinski definition) is 5. The Bertz CT molecular complexity index is 1600. The van der Waals surface area contributed by atoms with E-state index in [-0.39, 0.29) is 23.4 Å². The van der Waals surface area contributed by atoms with Gasteiger partial charge in [0.1, 0.15) is 11.6 Å². The second kappa shape index (κ2) is 8.23. The summed E-state index contributed by atoms with van der Waals surface area (Å²) < 4.78 is 15.1. The first-order chi connectivity index (χ1) is 17.4. The maximum atomic E-state index is 15.1. The number of pyridine rings is 1. The van der Waals surface area contributed by atoms with Crippen molar-refractivity contribution in [3.8, 4) is 28.7 Å². The van der Waals surface area contributed by atoms with Crippen molar-refractivity contribution in [2.45, 2.75) is 38.5 Å². The maximum Gasteiger partial charge on any atom is 0.160 e. The minimum absolute atomic E-state index is 0.107. The predicted octanol–water partition coefficient (Wildman–Crippen LogP) is 6.69. The van der Waals surface area contributed by atoms with Crippen LogP contribution in [0, 0.1) is 29.0 Å². The molecule has 0 saturated heterocycles. The van der Waals surface area contributed by atoms with Gasteiger partial charge in [-0.25, -0.2) is 14.4 Å². The van der Waals surface area contributed by atoms with Crippen LogP contribution in [0.4, 0.5) is 4.39 Å². The molecular weight excluding hydrogens is 451 g/mol. The van der Waals surface area contributed by atoms with Crippen LogP contribution in [0.1, 0.15) is 37.9 Å².